The summed E-state index contributed by atoms with van der Waals surface area (Å²) in [7, 11) is 0. The van der Waals surface area contributed by atoms with E-state index in [0.29, 0.717) is 6.42 Å². The van der Waals surface area contributed by atoms with E-state index in [1.54, 1.807) is 24.3 Å². The number of amides is 2. The highest BCUT2D eigenvalue weighted by Gasteiger charge is 2.51. The van der Waals surface area contributed by atoms with E-state index in [4.69, 9.17) is 25.1 Å². The third kappa shape index (κ3) is 6.76. The quantitative estimate of drug-likeness (QED) is 0.125. The summed E-state index contributed by atoms with van der Waals surface area (Å²) in [4.78, 5) is 50.8. The second-order valence-electron chi connectivity index (χ2n) is 9.78. The Kier molecular flexibility index (Phi) is 9.89. The molecule has 16 heteroatoms. The van der Waals surface area contributed by atoms with E-state index in [0.717, 1.165) is 34.0 Å². The molecule has 3 heterocycles. The Labute approximate surface area is 237 Å². The molecule has 228 valence electrons. The predicted octanol–water partition coefficient (Wildman–Crippen LogP) is -3.91. The maximum absolute atomic E-state index is 12.7. The van der Waals surface area contributed by atoms with Gasteiger partial charge in [0.1, 0.15) is 24.4 Å². The van der Waals surface area contributed by atoms with E-state index < -0.39 is 84.4 Å². The molecule has 0 saturated carbocycles. The molecule has 1 aromatic heterocycles. The molecule has 0 radical (unpaired) electrons. The number of primary amides is 1. The first kappa shape index (κ1) is 31.0. The van der Waals surface area contributed by atoms with Crippen molar-refractivity contribution in [2.24, 2.45) is 11.7 Å². The van der Waals surface area contributed by atoms with Gasteiger partial charge in [0.15, 0.2) is 18.1 Å². The van der Waals surface area contributed by atoms with Crippen LogP contribution in [0.15, 0.2) is 58.0 Å². The summed E-state index contributed by atoms with van der Waals surface area (Å²) in [6.07, 6.45) is -9.14. The first-order valence-electron chi connectivity index (χ1n) is 13.0. The summed E-state index contributed by atoms with van der Waals surface area (Å²) in [5, 5.41) is 53.3. The van der Waals surface area contributed by atoms with E-state index >= 15 is 0 Å². The Morgan fingerprint density at radius 3 is 2.38 bits per heavy atom. The highest BCUT2D eigenvalue weighted by molar-refractivity contribution is 5.91. The highest BCUT2D eigenvalue weighted by atomic mass is 16.7. The molecule has 1 fully saturated rings. The van der Waals surface area contributed by atoms with Gasteiger partial charge in [-0.15, -0.1) is 0 Å². The number of aromatic nitrogens is 2. The van der Waals surface area contributed by atoms with Crippen molar-refractivity contribution >= 4 is 11.8 Å². The van der Waals surface area contributed by atoms with Gasteiger partial charge in [0.05, 0.1) is 13.2 Å². The SMILES string of the molecule is NC(=O)[C@H](O[C@H]1OC(C(=O)NCCc2ccc(CO)cc2)=C[C@H](O)[C@@H]1O)C1O[C@@H](n2ccc(=O)[nH]c2=O)[C@H](O)[C@@H]1CO. The number of ether oxygens (including phenoxy) is 3. The standard InChI is InChI=1S/C26H32N4O12/c27-22(37)21(20-14(11-32)18(35)24(41-20)30-8-6-17(34)29-26(30)39)42-25-19(36)15(33)9-16(40-25)23(38)28-7-5-12-1-3-13(10-31)4-2-12/h1-4,6,8-9,14-15,18-21,24-25,31-33,35-36H,5,7,10-11H2,(H2,27,37)(H,28,38)(H,29,34,39)/t14-,15-,18+,19-,20?,21+,24+,25+/m0/s1. The van der Waals surface area contributed by atoms with Crippen LogP contribution in [0.4, 0.5) is 0 Å². The van der Waals surface area contributed by atoms with E-state index in [1.165, 1.54) is 0 Å². The molecule has 42 heavy (non-hydrogen) atoms. The van der Waals surface area contributed by atoms with Crippen LogP contribution in [-0.4, -0.2) is 96.9 Å². The fraction of sp³-hybridized carbons (Fsp3) is 0.462. The van der Waals surface area contributed by atoms with E-state index in [-0.39, 0.29) is 13.2 Å². The molecule has 4 rings (SSSR count). The van der Waals surface area contributed by atoms with Crippen LogP contribution in [0.5, 0.6) is 0 Å². The van der Waals surface area contributed by atoms with Gasteiger partial charge in [0.25, 0.3) is 11.5 Å². The number of nitrogens with zero attached hydrogens (tertiary/aromatic N) is 1. The predicted molar refractivity (Wildman–Crippen MR) is 140 cm³/mol. The number of nitrogens with one attached hydrogen (secondary N) is 2. The average molecular weight is 593 g/mol. The topological polar surface area (TPSA) is 256 Å². The molecular weight excluding hydrogens is 560 g/mol. The fourth-order valence-electron chi connectivity index (χ4n) is 4.67. The van der Waals surface area contributed by atoms with Crippen LogP contribution in [0.2, 0.25) is 0 Å². The Balaban J connectivity index is 1.45. The number of carbonyl (C=O) groups is 2. The molecule has 2 aliphatic rings. The van der Waals surface area contributed by atoms with Gasteiger partial charge >= 0.3 is 5.69 Å². The molecule has 0 spiro atoms. The number of nitrogens with two attached hydrogens (primary N) is 1. The Hall–Kier alpha value is -3.90. The summed E-state index contributed by atoms with van der Waals surface area (Å²) in [5.74, 6) is -3.57. The molecule has 8 atom stereocenters. The van der Waals surface area contributed by atoms with Gasteiger partial charge in [-0.2, -0.15) is 0 Å². The number of hydrogen-bond acceptors (Lipinski definition) is 12. The largest absolute Gasteiger partial charge is 0.456 e. The molecule has 1 aromatic carbocycles. The van der Waals surface area contributed by atoms with Crippen molar-refractivity contribution in [3.8, 4) is 0 Å². The van der Waals surface area contributed by atoms with Crippen LogP contribution < -0.4 is 22.3 Å². The molecule has 2 aromatic rings. The van der Waals surface area contributed by atoms with E-state index in [9.17, 15) is 39.6 Å². The highest BCUT2D eigenvalue weighted by Crippen LogP contribution is 2.36. The monoisotopic (exact) mass is 592 g/mol. The minimum Gasteiger partial charge on any atom is -0.456 e. The van der Waals surface area contributed by atoms with Crippen molar-refractivity contribution < 1.29 is 49.3 Å². The minimum absolute atomic E-state index is 0.0969. The van der Waals surface area contributed by atoms with Gasteiger partial charge in [-0.1, -0.05) is 24.3 Å². The number of aliphatic hydroxyl groups is 5. The molecule has 16 nitrogen and oxygen atoms in total. The number of H-pyrrole nitrogens is 1. The van der Waals surface area contributed by atoms with Crippen LogP contribution in [0.1, 0.15) is 17.4 Å². The number of aromatic amines is 1. The first-order chi connectivity index (χ1) is 20.0. The fourth-order valence-corrected chi connectivity index (χ4v) is 4.67. The Bertz CT molecular complexity index is 1410. The third-order valence-corrected chi connectivity index (χ3v) is 6.97. The molecule has 2 amide bonds. The number of aliphatic hydroxyl groups excluding tert-OH is 5. The van der Waals surface area contributed by atoms with Crippen LogP contribution in [0.25, 0.3) is 0 Å². The summed E-state index contributed by atoms with van der Waals surface area (Å²) < 4.78 is 17.6. The summed E-state index contributed by atoms with van der Waals surface area (Å²) in [5.41, 5.74) is 5.49. The Morgan fingerprint density at radius 1 is 1.07 bits per heavy atom. The smallest absolute Gasteiger partial charge is 0.330 e. The molecule has 0 bridgehead atoms. The number of hydrogen-bond donors (Lipinski definition) is 8. The molecule has 1 saturated heterocycles. The van der Waals surface area contributed by atoms with E-state index in [1.807, 2.05) is 4.98 Å². The van der Waals surface area contributed by atoms with Gasteiger partial charge in [-0.25, -0.2) is 4.79 Å². The minimum atomic E-state index is -1.82. The van der Waals surface area contributed by atoms with E-state index in [2.05, 4.69) is 5.32 Å². The summed E-state index contributed by atoms with van der Waals surface area (Å²) in [6.45, 7) is -0.676. The zero-order chi connectivity index (χ0) is 30.6. The van der Waals surface area contributed by atoms with Crippen molar-refractivity contribution in [1.29, 1.82) is 0 Å². The second-order valence-corrected chi connectivity index (χ2v) is 9.78. The normalized spacial score (nSPS) is 28.0. The lowest BCUT2D eigenvalue weighted by Crippen LogP contribution is -2.53. The van der Waals surface area contributed by atoms with Crippen LogP contribution in [-0.2, 0) is 36.8 Å². The molecule has 9 N–H and O–H groups in total. The molecular formula is C26H32N4O12. The number of carbonyl (C=O) groups excluding carboxylic acids is 2. The molecule has 0 aliphatic carbocycles. The van der Waals surface area contributed by atoms with Gasteiger partial charge < -0.3 is 50.8 Å². The lowest BCUT2D eigenvalue weighted by Gasteiger charge is -2.35. The van der Waals surface area contributed by atoms with Crippen molar-refractivity contribution in [2.75, 3.05) is 13.2 Å². The zero-order valence-electron chi connectivity index (χ0n) is 22.1. The second kappa shape index (κ2) is 13.4. The molecule has 2 aliphatic heterocycles. The van der Waals surface area contributed by atoms with Crippen LogP contribution in [0.3, 0.4) is 0 Å². The van der Waals surface area contributed by atoms with Crippen LogP contribution in [0, 0.1) is 5.92 Å². The van der Waals surface area contributed by atoms with Crippen molar-refractivity contribution in [3.05, 3.63) is 80.3 Å². The lowest BCUT2D eigenvalue weighted by atomic mass is 9.94. The third-order valence-electron chi connectivity index (χ3n) is 6.97. The Morgan fingerprint density at radius 2 is 1.76 bits per heavy atom. The first-order valence-corrected chi connectivity index (χ1v) is 13.0. The van der Waals surface area contributed by atoms with Crippen LogP contribution >= 0.6 is 0 Å². The summed E-state index contributed by atoms with van der Waals surface area (Å²) >= 11 is 0. The summed E-state index contributed by atoms with van der Waals surface area (Å²) in [6, 6.07) is 8.08. The number of benzene rings is 1. The van der Waals surface area contributed by atoms with Crippen molar-refractivity contribution in [2.45, 2.75) is 56.1 Å². The zero-order valence-corrected chi connectivity index (χ0v) is 22.1. The average Bonchev–Trinajstić information content (AvgIpc) is 3.28. The van der Waals surface area contributed by atoms with Gasteiger partial charge in [-0.3, -0.25) is 23.9 Å². The van der Waals surface area contributed by atoms with Gasteiger partial charge in [-0.05, 0) is 23.6 Å². The van der Waals surface area contributed by atoms with Gasteiger partial charge in [0.2, 0.25) is 12.2 Å². The van der Waals surface area contributed by atoms with Gasteiger partial charge in [0, 0.05) is 24.7 Å². The number of rotatable bonds is 11. The van der Waals surface area contributed by atoms with Crippen molar-refractivity contribution in [3.63, 3.8) is 0 Å². The maximum Gasteiger partial charge on any atom is 0.330 e. The maximum atomic E-state index is 12.7. The molecule has 1 unspecified atom stereocenters. The lowest BCUT2D eigenvalue weighted by molar-refractivity contribution is -0.239. The van der Waals surface area contributed by atoms with Crippen molar-refractivity contribution in [1.82, 2.24) is 14.9 Å².